The molecule has 0 aliphatic heterocycles. The highest BCUT2D eigenvalue weighted by Gasteiger charge is 2.22. The molecule has 0 saturated carbocycles. The first-order valence-corrected chi connectivity index (χ1v) is 17.9. The molecule has 0 amide bonds. The Morgan fingerprint density at radius 1 is 0.380 bits per heavy atom. The van der Waals surface area contributed by atoms with Gasteiger partial charge in [0.25, 0.3) is 0 Å². The number of furan rings is 1. The van der Waals surface area contributed by atoms with Crippen LogP contribution in [0.2, 0.25) is 0 Å². The van der Waals surface area contributed by atoms with Gasteiger partial charge < -0.3 is 4.42 Å². The summed E-state index contributed by atoms with van der Waals surface area (Å²) in [5, 5.41) is 13.6. The van der Waals surface area contributed by atoms with Crippen LogP contribution in [0.4, 0.5) is 0 Å². The SMILES string of the molecule is c1ccc2cc(-c3coc4c3ccc3sc5c(-c6c7ccccc7c(-c7cccc8ccccc78)c7ccccc67)cccc5c34)ccc2c1. The molecule has 0 N–H and O–H groups in total. The van der Waals surface area contributed by atoms with Crippen molar-refractivity contribution < 1.29 is 4.42 Å². The highest BCUT2D eigenvalue weighted by atomic mass is 32.1. The van der Waals surface area contributed by atoms with E-state index in [0.29, 0.717) is 0 Å². The van der Waals surface area contributed by atoms with Gasteiger partial charge in [0.05, 0.1) is 6.26 Å². The number of benzene rings is 9. The summed E-state index contributed by atoms with van der Waals surface area (Å²) < 4.78 is 9.01. The van der Waals surface area contributed by atoms with E-state index in [4.69, 9.17) is 4.42 Å². The Labute approximate surface area is 292 Å². The molecule has 9 aromatic carbocycles. The molecular formula is C48H28OS. The molecule has 50 heavy (non-hydrogen) atoms. The Morgan fingerprint density at radius 2 is 0.960 bits per heavy atom. The third kappa shape index (κ3) is 3.94. The average Bonchev–Trinajstić information content (AvgIpc) is 3.78. The second-order valence-corrected chi connectivity index (χ2v) is 14.2. The van der Waals surface area contributed by atoms with Crippen LogP contribution < -0.4 is 0 Å². The first-order valence-electron chi connectivity index (χ1n) is 17.1. The quantitative estimate of drug-likeness (QED) is 0.173. The normalized spacial score (nSPS) is 12.0. The van der Waals surface area contributed by atoms with E-state index >= 15 is 0 Å². The van der Waals surface area contributed by atoms with Gasteiger partial charge >= 0.3 is 0 Å². The average molecular weight is 653 g/mol. The Bertz CT molecular complexity index is 3100. The molecule has 0 saturated heterocycles. The van der Waals surface area contributed by atoms with Crippen molar-refractivity contribution in [2.24, 2.45) is 0 Å². The minimum absolute atomic E-state index is 0.954. The summed E-state index contributed by atoms with van der Waals surface area (Å²) in [4.78, 5) is 0. The van der Waals surface area contributed by atoms with E-state index in [1.165, 1.54) is 91.1 Å². The minimum Gasteiger partial charge on any atom is -0.463 e. The summed E-state index contributed by atoms with van der Waals surface area (Å²) in [5.41, 5.74) is 8.36. The van der Waals surface area contributed by atoms with Gasteiger partial charge in [0, 0.05) is 36.7 Å². The lowest BCUT2D eigenvalue weighted by Crippen LogP contribution is -1.91. The topological polar surface area (TPSA) is 13.1 Å². The zero-order valence-corrected chi connectivity index (χ0v) is 27.8. The number of rotatable bonds is 3. The van der Waals surface area contributed by atoms with Crippen molar-refractivity contribution in [1.82, 2.24) is 0 Å². The molecule has 2 heteroatoms. The lowest BCUT2D eigenvalue weighted by molar-refractivity contribution is 0.620. The predicted molar refractivity (Wildman–Crippen MR) is 215 cm³/mol. The zero-order chi connectivity index (χ0) is 32.8. The van der Waals surface area contributed by atoms with Crippen molar-refractivity contribution in [1.29, 1.82) is 0 Å². The largest absolute Gasteiger partial charge is 0.463 e. The molecule has 2 heterocycles. The number of hydrogen-bond donors (Lipinski definition) is 0. The molecular weight excluding hydrogens is 625 g/mol. The second kappa shape index (κ2) is 10.6. The molecule has 0 aliphatic carbocycles. The van der Waals surface area contributed by atoms with Crippen molar-refractivity contribution in [2.45, 2.75) is 0 Å². The van der Waals surface area contributed by atoms with Gasteiger partial charge in [-0.2, -0.15) is 0 Å². The Balaban J connectivity index is 1.19. The molecule has 2 aromatic heterocycles. The fourth-order valence-electron chi connectivity index (χ4n) is 8.30. The highest BCUT2D eigenvalue weighted by Crippen LogP contribution is 2.50. The van der Waals surface area contributed by atoms with Gasteiger partial charge in [0.15, 0.2) is 0 Å². The lowest BCUT2D eigenvalue weighted by Gasteiger charge is -2.19. The standard InChI is InChI=1S/C48H28OS/c1-2-13-31-27-32(24-23-29(31)11-1)42-28-49-47-39(42)25-26-43-46(47)41-22-10-21-40(48(41)50-43)45-37-18-7-5-16-35(37)44(36-17-6-8-19-38(36)45)34-20-9-14-30-12-3-4-15-33(30)34/h1-28H. The Hall–Kier alpha value is -6.22. The summed E-state index contributed by atoms with van der Waals surface area (Å²) in [6.07, 6.45) is 1.94. The molecule has 0 atom stereocenters. The Morgan fingerprint density at radius 3 is 1.72 bits per heavy atom. The molecule has 0 bridgehead atoms. The van der Waals surface area contributed by atoms with Gasteiger partial charge in [-0.25, -0.2) is 0 Å². The van der Waals surface area contributed by atoms with Gasteiger partial charge in [-0.1, -0.05) is 146 Å². The maximum Gasteiger partial charge on any atom is 0.143 e. The van der Waals surface area contributed by atoms with Crippen LogP contribution in [0.1, 0.15) is 0 Å². The van der Waals surface area contributed by atoms with Crippen LogP contribution in [0, 0.1) is 0 Å². The van der Waals surface area contributed by atoms with E-state index in [-0.39, 0.29) is 0 Å². The third-order valence-electron chi connectivity index (χ3n) is 10.5. The van der Waals surface area contributed by atoms with Crippen molar-refractivity contribution in [3.8, 4) is 33.4 Å². The molecule has 11 aromatic rings. The maximum atomic E-state index is 6.49. The van der Waals surface area contributed by atoms with E-state index in [1.807, 2.05) is 17.6 Å². The van der Waals surface area contributed by atoms with Crippen LogP contribution in [0.15, 0.2) is 174 Å². The minimum atomic E-state index is 0.954. The van der Waals surface area contributed by atoms with Gasteiger partial charge in [0.1, 0.15) is 5.58 Å². The monoisotopic (exact) mass is 652 g/mol. The van der Waals surface area contributed by atoms with Crippen LogP contribution in [-0.2, 0) is 0 Å². The molecule has 1 nitrogen and oxygen atoms in total. The van der Waals surface area contributed by atoms with Crippen LogP contribution in [-0.4, -0.2) is 0 Å². The fourth-order valence-corrected chi connectivity index (χ4v) is 9.52. The first kappa shape index (κ1) is 27.7. The molecule has 0 unspecified atom stereocenters. The second-order valence-electron chi connectivity index (χ2n) is 13.2. The van der Waals surface area contributed by atoms with Crippen molar-refractivity contribution in [3.05, 3.63) is 170 Å². The molecule has 0 radical (unpaired) electrons. The maximum absolute atomic E-state index is 6.49. The van der Waals surface area contributed by atoms with Gasteiger partial charge in [0.2, 0.25) is 0 Å². The fraction of sp³-hybridized carbons (Fsp3) is 0. The summed E-state index contributed by atoms with van der Waals surface area (Å²) in [7, 11) is 0. The van der Waals surface area contributed by atoms with Crippen molar-refractivity contribution >= 4 is 85.6 Å². The summed E-state index contributed by atoms with van der Waals surface area (Å²) >= 11 is 1.86. The molecule has 0 spiro atoms. The molecule has 232 valence electrons. The lowest BCUT2D eigenvalue weighted by atomic mass is 9.84. The summed E-state index contributed by atoms with van der Waals surface area (Å²) in [6.45, 7) is 0. The van der Waals surface area contributed by atoms with E-state index in [2.05, 4.69) is 164 Å². The van der Waals surface area contributed by atoms with Gasteiger partial charge in [-0.15, -0.1) is 11.3 Å². The molecule has 0 fully saturated rings. The van der Waals surface area contributed by atoms with Crippen molar-refractivity contribution in [2.75, 3.05) is 0 Å². The van der Waals surface area contributed by atoms with E-state index in [0.717, 1.165) is 16.5 Å². The van der Waals surface area contributed by atoms with E-state index in [9.17, 15) is 0 Å². The van der Waals surface area contributed by atoms with Crippen LogP contribution >= 0.6 is 11.3 Å². The van der Waals surface area contributed by atoms with E-state index < -0.39 is 0 Å². The predicted octanol–water partition coefficient (Wildman–Crippen LogP) is 14.4. The van der Waals surface area contributed by atoms with Gasteiger partial charge in [-0.3, -0.25) is 0 Å². The van der Waals surface area contributed by atoms with Crippen LogP contribution in [0.3, 0.4) is 0 Å². The zero-order valence-electron chi connectivity index (χ0n) is 27.0. The first-order chi connectivity index (χ1) is 24.8. The van der Waals surface area contributed by atoms with Crippen LogP contribution in [0.25, 0.3) is 108 Å². The third-order valence-corrected chi connectivity index (χ3v) is 11.7. The number of hydrogen-bond acceptors (Lipinski definition) is 2. The number of thiophene rings is 1. The van der Waals surface area contributed by atoms with Crippen LogP contribution in [0.5, 0.6) is 0 Å². The summed E-state index contributed by atoms with van der Waals surface area (Å²) in [5.74, 6) is 0. The van der Waals surface area contributed by atoms with Crippen molar-refractivity contribution in [3.63, 3.8) is 0 Å². The number of fused-ring (bicyclic) bond motifs is 9. The molecule has 0 aliphatic rings. The molecule has 11 rings (SSSR count). The van der Waals surface area contributed by atoms with E-state index in [1.54, 1.807) is 0 Å². The van der Waals surface area contributed by atoms with Gasteiger partial charge in [-0.05, 0) is 83.5 Å². The Kier molecular flexibility index (Phi) is 5.89. The summed E-state index contributed by atoms with van der Waals surface area (Å²) in [6, 6.07) is 59.9. The smallest absolute Gasteiger partial charge is 0.143 e. The highest BCUT2D eigenvalue weighted by molar-refractivity contribution is 7.26.